The van der Waals surface area contributed by atoms with Gasteiger partial charge in [-0.15, -0.1) is 0 Å². The number of aliphatic hydroxyl groups is 1. The normalized spacial score (nSPS) is 12.9. The highest BCUT2D eigenvalue weighted by Gasteiger charge is 2.27. The van der Waals surface area contributed by atoms with E-state index in [4.69, 9.17) is 4.74 Å². The average molecular weight is 266 g/mol. The van der Waals surface area contributed by atoms with E-state index in [1.54, 1.807) is 26.0 Å². The number of aryl methyl sites for hydroxylation is 1. The first kappa shape index (κ1) is 15.4. The lowest BCUT2D eigenvalue weighted by molar-refractivity contribution is 0.0563. The molecule has 0 aliphatic heterocycles. The van der Waals surface area contributed by atoms with Crippen LogP contribution < -0.4 is 5.32 Å². The third-order valence-corrected chi connectivity index (χ3v) is 3.01. The number of nitrogens with one attached hydrogen (secondary N) is 1. The Morgan fingerprint density at radius 1 is 1.53 bits per heavy atom. The van der Waals surface area contributed by atoms with Crippen LogP contribution in [0, 0.1) is 6.92 Å². The average Bonchev–Trinajstić information content (AvgIpc) is 2.33. The third-order valence-electron chi connectivity index (χ3n) is 3.01. The number of carbonyl (C=O) groups excluding carboxylic acids is 1. The van der Waals surface area contributed by atoms with Crippen molar-refractivity contribution in [2.45, 2.75) is 45.8 Å². The van der Waals surface area contributed by atoms with Crippen LogP contribution in [0.3, 0.4) is 0 Å². The van der Waals surface area contributed by atoms with E-state index in [1.807, 2.05) is 13.8 Å². The van der Waals surface area contributed by atoms with Crippen LogP contribution in [0.25, 0.3) is 0 Å². The molecule has 1 rings (SSSR count). The van der Waals surface area contributed by atoms with Gasteiger partial charge in [0.15, 0.2) is 0 Å². The highest BCUT2D eigenvalue weighted by atomic mass is 16.5. The first-order chi connectivity index (χ1) is 8.79. The fourth-order valence-corrected chi connectivity index (χ4v) is 1.88. The Morgan fingerprint density at radius 3 is 2.63 bits per heavy atom. The Morgan fingerprint density at radius 2 is 2.16 bits per heavy atom. The fraction of sp³-hybridized carbons (Fsp3) is 0.571. The summed E-state index contributed by atoms with van der Waals surface area (Å²) in [4.78, 5) is 16.0. The van der Waals surface area contributed by atoms with Gasteiger partial charge in [-0.2, -0.15) is 0 Å². The van der Waals surface area contributed by atoms with E-state index in [-0.39, 0.29) is 6.04 Å². The number of ether oxygens (including phenoxy) is 1. The molecule has 5 heteroatoms. The van der Waals surface area contributed by atoms with Crippen LogP contribution >= 0.6 is 0 Å². The molecule has 5 nitrogen and oxygen atoms in total. The molecule has 0 saturated heterocycles. The molecule has 1 heterocycles. The van der Waals surface area contributed by atoms with Gasteiger partial charge < -0.3 is 15.2 Å². The number of anilines is 1. The van der Waals surface area contributed by atoms with Crippen molar-refractivity contribution in [1.29, 1.82) is 0 Å². The quantitative estimate of drug-likeness (QED) is 0.799. The van der Waals surface area contributed by atoms with Gasteiger partial charge in [-0.05, 0) is 39.3 Å². The van der Waals surface area contributed by atoms with E-state index < -0.39 is 11.6 Å². The van der Waals surface area contributed by atoms with Gasteiger partial charge >= 0.3 is 5.97 Å². The summed E-state index contributed by atoms with van der Waals surface area (Å²) in [7, 11) is 1.33. The highest BCUT2D eigenvalue weighted by Crippen LogP contribution is 2.21. The predicted molar refractivity (Wildman–Crippen MR) is 74.3 cm³/mol. The zero-order valence-corrected chi connectivity index (χ0v) is 12.2. The van der Waals surface area contributed by atoms with E-state index in [0.717, 1.165) is 5.69 Å². The van der Waals surface area contributed by atoms with Gasteiger partial charge in [0.1, 0.15) is 11.4 Å². The molecule has 0 aromatic carbocycles. The maximum absolute atomic E-state index is 11.7. The summed E-state index contributed by atoms with van der Waals surface area (Å²) in [5, 5.41) is 13.2. The van der Waals surface area contributed by atoms with Gasteiger partial charge in [0.05, 0.1) is 18.8 Å². The van der Waals surface area contributed by atoms with Crippen molar-refractivity contribution >= 4 is 11.8 Å². The molecule has 0 fully saturated rings. The topological polar surface area (TPSA) is 71.5 Å². The standard InChI is InChI=1S/C14H22N2O3/c1-6-11(14(3,4)18)16-12-10(13(17)19-5)8-7-9(2)15-12/h7-8,11,18H,6H2,1-5H3,(H,15,16). The zero-order valence-electron chi connectivity index (χ0n) is 12.2. The van der Waals surface area contributed by atoms with E-state index in [9.17, 15) is 9.90 Å². The Labute approximate surface area is 114 Å². The molecule has 0 aliphatic rings. The summed E-state index contributed by atoms with van der Waals surface area (Å²) in [6, 6.07) is 3.22. The predicted octanol–water partition coefficient (Wildman–Crippen LogP) is 2.14. The van der Waals surface area contributed by atoms with Crippen LogP contribution in [0.1, 0.15) is 43.2 Å². The molecule has 0 saturated carbocycles. The Balaban J connectivity index is 3.11. The summed E-state index contributed by atoms with van der Waals surface area (Å²) >= 11 is 0. The van der Waals surface area contributed by atoms with Crippen molar-refractivity contribution < 1.29 is 14.6 Å². The van der Waals surface area contributed by atoms with Crippen molar-refractivity contribution in [2.75, 3.05) is 12.4 Å². The van der Waals surface area contributed by atoms with Gasteiger partial charge in [0.2, 0.25) is 0 Å². The lowest BCUT2D eigenvalue weighted by Gasteiger charge is -2.30. The molecular weight excluding hydrogens is 244 g/mol. The lowest BCUT2D eigenvalue weighted by Crippen LogP contribution is -2.42. The smallest absolute Gasteiger partial charge is 0.341 e. The van der Waals surface area contributed by atoms with E-state index >= 15 is 0 Å². The van der Waals surface area contributed by atoms with Gasteiger partial charge in [-0.25, -0.2) is 9.78 Å². The molecule has 0 spiro atoms. The Hall–Kier alpha value is -1.62. The fourth-order valence-electron chi connectivity index (χ4n) is 1.88. The number of carbonyl (C=O) groups is 1. The second kappa shape index (κ2) is 6.02. The molecule has 1 unspecified atom stereocenters. The van der Waals surface area contributed by atoms with E-state index in [0.29, 0.717) is 17.8 Å². The molecule has 19 heavy (non-hydrogen) atoms. The summed E-state index contributed by atoms with van der Waals surface area (Å²) < 4.78 is 4.74. The van der Waals surface area contributed by atoms with Crippen molar-refractivity contribution in [2.24, 2.45) is 0 Å². The Bertz CT molecular complexity index is 452. The number of pyridine rings is 1. The van der Waals surface area contributed by atoms with Crippen molar-refractivity contribution in [3.05, 3.63) is 23.4 Å². The van der Waals surface area contributed by atoms with Crippen molar-refractivity contribution in [3.8, 4) is 0 Å². The monoisotopic (exact) mass is 266 g/mol. The van der Waals surface area contributed by atoms with Crippen LogP contribution in [-0.4, -0.2) is 34.8 Å². The molecule has 106 valence electrons. The molecule has 1 aromatic heterocycles. The molecule has 1 aromatic rings. The second-order valence-electron chi connectivity index (χ2n) is 5.10. The summed E-state index contributed by atoms with van der Waals surface area (Å²) in [5.41, 5.74) is 0.254. The minimum atomic E-state index is -0.909. The lowest BCUT2D eigenvalue weighted by atomic mass is 9.96. The number of hydrogen-bond acceptors (Lipinski definition) is 5. The van der Waals surface area contributed by atoms with Crippen molar-refractivity contribution in [3.63, 3.8) is 0 Å². The molecular formula is C14H22N2O3. The minimum absolute atomic E-state index is 0.204. The molecule has 0 radical (unpaired) electrons. The zero-order chi connectivity index (χ0) is 14.6. The van der Waals surface area contributed by atoms with Crippen LogP contribution in [0.2, 0.25) is 0 Å². The molecule has 0 amide bonds. The first-order valence-electron chi connectivity index (χ1n) is 6.34. The van der Waals surface area contributed by atoms with Gasteiger partial charge in [-0.3, -0.25) is 0 Å². The Kier molecular flexibility index (Phi) is 4.89. The second-order valence-corrected chi connectivity index (χ2v) is 5.10. The number of methoxy groups -OCH3 is 1. The summed E-state index contributed by atoms with van der Waals surface area (Å²) in [6.45, 7) is 7.25. The number of hydrogen-bond donors (Lipinski definition) is 2. The molecule has 1 atom stereocenters. The summed E-state index contributed by atoms with van der Waals surface area (Å²) in [5.74, 6) is 0.00132. The van der Waals surface area contributed by atoms with Crippen molar-refractivity contribution in [1.82, 2.24) is 4.98 Å². The number of esters is 1. The maximum Gasteiger partial charge on any atom is 0.341 e. The minimum Gasteiger partial charge on any atom is -0.465 e. The highest BCUT2D eigenvalue weighted by molar-refractivity contribution is 5.94. The van der Waals surface area contributed by atoms with Crippen LogP contribution in [0.5, 0.6) is 0 Å². The van der Waals surface area contributed by atoms with Gasteiger partial charge in [0.25, 0.3) is 0 Å². The number of aromatic nitrogens is 1. The van der Waals surface area contributed by atoms with Crippen LogP contribution in [0.4, 0.5) is 5.82 Å². The van der Waals surface area contributed by atoms with Gasteiger partial charge in [0, 0.05) is 5.69 Å². The first-order valence-corrected chi connectivity index (χ1v) is 6.34. The summed E-state index contributed by atoms with van der Waals surface area (Å²) in [6.07, 6.45) is 0.708. The third kappa shape index (κ3) is 3.92. The number of rotatable bonds is 5. The van der Waals surface area contributed by atoms with E-state index in [2.05, 4.69) is 10.3 Å². The van der Waals surface area contributed by atoms with Crippen LogP contribution in [-0.2, 0) is 4.74 Å². The van der Waals surface area contributed by atoms with E-state index in [1.165, 1.54) is 7.11 Å². The van der Waals surface area contributed by atoms with Gasteiger partial charge in [-0.1, -0.05) is 6.92 Å². The molecule has 0 bridgehead atoms. The SMILES string of the molecule is CCC(Nc1nc(C)ccc1C(=O)OC)C(C)(C)O. The van der Waals surface area contributed by atoms with Crippen LogP contribution in [0.15, 0.2) is 12.1 Å². The largest absolute Gasteiger partial charge is 0.465 e. The molecule has 2 N–H and O–H groups in total. The number of nitrogens with zero attached hydrogens (tertiary/aromatic N) is 1. The maximum atomic E-state index is 11.7. The molecule has 0 aliphatic carbocycles.